The summed E-state index contributed by atoms with van der Waals surface area (Å²) in [6, 6.07) is 9.08. The number of aliphatic hydroxyl groups is 1. The Hall–Kier alpha value is -3.52. The number of hydrogen-bond donors (Lipinski definition) is 2. The molecule has 2 saturated heterocycles. The number of carbonyl (C=O) groups is 2. The smallest absolute Gasteiger partial charge is 0.295 e. The van der Waals surface area contributed by atoms with Gasteiger partial charge in [0.15, 0.2) is 11.5 Å². The molecule has 5 rings (SSSR count). The number of fused-ring (bicyclic) bond motifs is 1. The van der Waals surface area contributed by atoms with Gasteiger partial charge in [-0.2, -0.15) is 0 Å². The Morgan fingerprint density at radius 1 is 1.21 bits per heavy atom. The number of carbonyl (C=O) groups excluding carboxylic acids is 2. The van der Waals surface area contributed by atoms with E-state index in [2.05, 4.69) is 0 Å². The molecule has 3 heterocycles. The monoisotopic (exact) mass is 465 g/mol. The molecule has 8 heteroatoms. The summed E-state index contributed by atoms with van der Waals surface area (Å²) in [5.41, 5.74) is 1.93. The lowest BCUT2D eigenvalue weighted by atomic mass is 9.94. The number of phenolic OH excluding ortho intramolecular Hbond substituents is 1. The van der Waals surface area contributed by atoms with Crippen molar-refractivity contribution in [2.24, 2.45) is 0 Å². The van der Waals surface area contributed by atoms with Crippen molar-refractivity contribution in [2.75, 3.05) is 20.3 Å². The van der Waals surface area contributed by atoms with E-state index in [1.807, 2.05) is 6.92 Å². The Morgan fingerprint density at radius 2 is 2.03 bits per heavy atom. The van der Waals surface area contributed by atoms with E-state index in [0.29, 0.717) is 24.2 Å². The molecule has 0 radical (unpaired) electrons. The third kappa shape index (κ3) is 3.77. The lowest BCUT2D eigenvalue weighted by Gasteiger charge is -2.27. The number of ether oxygens (including phenoxy) is 3. The SMILES string of the molecule is COc1cc([C@@H]2C(=C(O)c3ccc4c(c3)C[C@@H](C)O4)C(=O)C(=O)N2C[C@@H]2CCCO2)ccc1O. The number of aliphatic hydroxyl groups excluding tert-OH is 1. The third-order valence-electron chi connectivity index (χ3n) is 6.65. The summed E-state index contributed by atoms with van der Waals surface area (Å²) in [6.07, 6.45) is 2.23. The first-order chi connectivity index (χ1) is 16.4. The number of phenols is 1. The number of benzene rings is 2. The van der Waals surface area contributed by atoms with E-state index in [9.17, 15) is 19.8 Å². The molecule has 0 bridgehead atoms. The maximum absolute atomic E-state index is 13.2. The second-order valence-electron chi connectivity index (χ2n) is 8.97. The molecule has 3 atom stereocenters. The Labute approximate surface area is 197 Å². The molecule has 3 aliphatic rings. The fraction of sp³-hybridized carbons (Fsp3) is 0.385. The molecule has 8 nitrogen and oxygen atoms in total. The summed E-state index contributed by atoms with van der Waals surface area (Å²) >= 11 is 0. The summed E-state index contributed by atoms with van der Waals surface area (Å²) in [4.78, 5) is 27.8. The maximum atomic E-state index is 13.2. The van der Waals surface area contributed by atoms with Crippen molar-refractivity contribution in [3.8, 4) is 17.2 Å². The van der Waals surface area contributed by atoms with Crippen LogP contribution in [0.3, 0.4) is 0 Å². The third-order valence-corrected chi connectivity index (χ3v) is 6.65. The Balaban J connectivity index is 1.62. The van der Waals surface area contributed by atoms with E-state index >= 15 is 0 Å². The molecule has 1 amide bonds. The largest absolute Gasteiger partial charge is 0.507 e. The lowest BCUT2D eigenvalue weighted by molar-refractivity contribution is -0.140. The normalized spacial score (nSPS) is 25.5. The molecule has 3 aliphatic heterocycles. The number of methoxy groups -OCH3 is 1. The Kier molecular flexibility index (Phi) is 5.69. The van der Waals surface area contributed by atoms with Gasteiger partial charge in [-0.15, -0.1) is 0 Å². The maximum Gasteiger partial charge on any atom is 0.295 e. The number of nitrogens with zero attached hydrogens (tertiary/aromatic N) is 1. The van der Waals surface area contributed by atoms with Gasteiger partial charge in [0.1, 0.15) is 17.6 Å². The van der Waals surface area contributed by atoms with Crippen LogP contribution in [0.1, 0.15) is 42.5 Å². The summed E-state index contributed by atoms with van der Waals surface area (Å²) in [7, 11) is 1.43. The molecule has 2 fully saturated rings. The van der Waals surface area contributed by atoms with Crippen LogP contribution in [-0.2, 0) is 20.7 Å². The Morgan fingerprint density at radius 3 is 2.76 bits per heavy atom. The predicted molar refractivity (Wildman–Crippen MR) is 123 cm³/mol. The van der Waals surface area contributed by atoms with E-state index in [4.69, 9.17) is 14.2 Å². The van der Waals surface area contributed by atoms with Gasteiger partial charge in [0.05, 0.1) is 24.8 Å². The minimum Gasteiger partial charge on any atom is -0.507 e. The standard InChI is InChI=1S/C26H27NO7/c1-14-10-17-11-16(6-8-20(17)34-14)24(29)22-23(15-5-7-19(28)21(12-15)32-2)27(26(31)25(22)30)13-18-4-3-9-33-18/h5-8,11-12,14,18,23,28-29H,3-4,9-10,13H2,1-2H3/t14-,18+,23-/m1/s1. The van der Waals surface area contributed by atoms with Gasteiger partial charge in [-0.05, 0) is 61.2 Å². The lowest BCUT2D eigenvalue weighted by Crippen LogP contribution is -2.36. The quantitative estimate of drug-likeness (QED) is 0.396. The van der Waals surface area contributed by atoms with Crippen molar-refractivity contribution in [1.29, 1.82) is 0 Å². The number of hydrogen-bond acceptors (Lipinski definition) is 7. The van der Waals surface area contributed by atoms with Gasteiger partial charge < -0.3 is 29.3 Å². The van der Waals surface area contributed by atoms with Crippen molar-refractivity contribution in [1.82, 2.24) is 4.90 Å². The molecule has 0 unspecified atom stereocenters. The van der Waals surface area contributed by atoms with Gasteiger partial charge in [0, 0.05) is 25.1 Å². The highest BCUT2D eigenvalue weighted by Crippen LogP contribution is 2.43. The second-order valence-corrected chi connectivity index (χ2v) is 8.97. The van der Waals surface area contributed by atoms with Gasteiger partial charge in [-0.25, -0.2) is 0 Å². The van der Waals surface area contributed by atoms with Crippen molar-refractivity contribution >= 4 is 17.4 Å². The first kappa shape index (κ1) is 22.3. The first-order valence-electron chi connectivity index (χ1n) is 11.4. The molecule has 0 spiro atoms. The number of ketones is 1. The summed E-state index contributed by atoms with van der Waals surface area (Å²) in [6.45, 7) is 2.81. The van der Waals surface area contributed by atoms with Crippen LogP contribution >= 0.6 is 0 Å². The van der Waals surface area contributed by atoms with Crippen molar-refractivity contribution < 1.29 is 34.0 Å². The van der Waals surface area contributed by atoms with E-state index in [-0.39, 0.29) is 41.6 Å². The van der Waals surface area contributed by atoms with Crippen LogP contribution in [0.4, 0.5) is 0 Å². The zero-order chi connectivity index (χ0) is 24.0. The minimum atomic E-state index is -0.845. The fourth-order valence-electron chi connectivity index (χ4n) is 5.01. The van der Waals surface area contributed by atoms with Gasteiger partial charge >= 0.3 is 0 Å². The fourth-order valence-corrected chi connectivity index (χ4v) is 5.01. The van der Waals surface area contributed by atoms with Gasteiger partial charge in [-0.3, -0.25) is 9.59 Å². The van der Waals surface area contributed by atoms with E-state index < -0.39 is 17.7 Å². The second kappa shape index (κ2) is 8.68. The molecular formula is C26H27NO7. The number of rotatable bonds is 5. The molecule has 0 saturated carbocycles. The van der Waals surface area contributed by atoms with Crippen LogP contribution < -0.4 is 9.47 Å². The number of Topliss-reactive ketones (excluding diaryl/α,β-unsaturated/α-hetero) is 1. The molecule has 2 aromatic rings. The highest BCUT2D eigenvalue weighted by molar-refractivity contribution is 6.46. The topological polar surface area (TPSA) is 106 Å². The molecule has 2 aromatic carbocycles. The average Bonchev–Trinajstić information content (AvgIpc) is 3.53. The number of likely N-dealkylation sites (tertiary alicyclic amines) is 1. The summed E-state index contributed by atoms with van der Waals surface area (Å²) in [5.74, 6) is -0.779. The van der Waals surface area contributed by atoms with Gasteiger partial charge in [-0.1, -0.05) is 6.07 Å². The van der Waals surface area contributed by atoms with E-state index in [1.165, 1.54) is 18.1 Å². The molecular weight excluding hydrogens is 438 g/mol. The minimum absolute atomic E-state index is 0.00246. The van der Waals surface area contributed by atoms with Gasteiger partial charge in [0.25, 0.3) is 11.7 Å². The highest BCUT2D eigenvalue weighted by atomic mass is 16.5. The van der Waals surface area contributed by atoms with E-state index in [0.717, 1.165) is 24.2 Å². The molecule has 178 valence electrons. The van der Waals surface area contributed by atoms with Crippen LogP contribution in [0.5, 0.6) is 17.2 Å². The van der Waals surface area contributed by atoms with Crippen molar-refractivity contribution in [2.45, 2.75) is 44.4 Å². The highest BCUT2D eigenvalue weighted by Gasteiger charge is 2.47. The first-order valence-corrected chi connectivity index (χ1v) is 11.4. The number of amides is 1. The van der Waals surface area contributed by atoms with Crippen LogP contribution in [0.15, 0.2) is 42.0 Å². The predicted octanol–water partition coefficient (Wildman–Crippen LogP) is 3.32. The van der Waals surface area contributed by atoms with Crippen LogP contribution in [0.25, 0.3) is 5.76 Å². The van der Waals surface area contributed by atoms with Crippen molar-refractivity contribution in [3.05, 3.63) is 58.7 Å². The Bertz CT molecular complexity index is 1180. The molecule has 0 aliphatic carbocycles. The van der Waals surface area contributed by atoms with Gasteiger partial charge in [0.2, 0.25) is 0 Å². The van der Waals surface area contributed by atoms with Crippen LogP contribution in [-0.4, -0.2) is 59.3 Å². The van der Waals surface area contributed by atoms with E-state index in [1.54, 1.807) is 30.3 Å². The molecule has 34 heavy (non-hydrogen) atoms. The molecule has 2 N–H and O–H groups in total. The zero-order valence-electron chi connectivity index (χ0n) is 19.1. The molecule has 0 aromatic heterocycles. The average molecular weight is 466 g/mol. The number of aromatic hydroxyl groups is 1. The zero-order valence-corrected chi connectivity index (χ0v) is 19.1. The summed E-state index contributed by atoms with van der Waals surface area (Å²) in [5, 5.41) is 21.4. The van der Waals surface area contributed by atoms with Crippen LogP contribution in [0.2, 0.25) is 0 Å². The van der Waals surface area contributed by atoms with Crippen LogP contribution in [0, 0.1) is 0 Å². The van der Waals surface area contributed by atoms with Crippen molar-refractivity contribution in [3.63, 3.8) is 0 Å². The summed E-state index contributed by atoms with van der Waals surface area (Å²) < 4.78 is 16.7.